The molecular weight excluding hydrogens is 362 g/mol. The minimum atomic E-state index is -0.00215. The fourth-order valence-electron chi connectivity index (χ4n) is 4.24. The smallest absolute Gasteiger partial charge is 0.162 e. The number of thioether (sulfide) groups is 1. The summed E-state index contributed by atoms with van der Waals surface area (Å²) < 4.78 is 0. The number of fused-ring (bicyclic) bond motifs is 1. The number of para-hydroxylation sites is 1. The molecule has 3 heteroatoms. The van der Waals surface area contributed by atoms with Crippen molar-refractivity contribution in [3.8, 4) is 0 Å². The molecule has 0 radical (unpaired) electrons. The molecule has 1 aliphatic carbocycles. The van der Waals surface area contributed by atoms with Gasteiger partial charge >= 0.3 is 0 Å². The van der Waals surface area contributed by atoms with Crippen LogP contribution >= 0.6 is 11.8 Å². The molecule has 2 nitrogen and oxygen atoms in total. The first-order chi connectivity index (χ1) is 13.4. The van der Waals surface area contributed by atoms with Crippen LogP contribution < -0.4 is 5.32 Å². The van der Waals surface area contributed by atoms with E-state index in [9.17, 15) is 4.79 Å². The number of rotatable bonds is 3. The molecular formula is C25H29NOS. The maximum atomic E-state index is 13.2. The lowest BCUT2D eigenvalue weighted by Gasteiger charge is -2.34. The largest absolute Gasteiger partial charge is 0.358 e. The molecule has 1 aliphatic heterocycles. The lowest BCUT2D eigenvalue weighted by atomic mass is 9.74. The molecule has 146 valence electrons. The molecule has 28 heavy (non-hydrogen) atoms. The molecule has 1 N–H and O–H groups in total. The van der Waals surface area contributed by atoms with Crippen LogP contribution in [0.5, 0.6) is 0 Å². The quantitative estimate of drug-likeness (QED) is 0.605. The Morgan fingerprint density at radius 1 is 1.11 bits per heavy atom. The fourth-order valence-corrected chi connectivity index (χ4v) is 5.58. The molecule has 0 saturated heterocycles. The summed E-state index contributed by atoms with van der Waals surface area (Å²) in [6.45, 7) is 8.87. The standard InChI is InChI=1S/C25H29NOS/c1-5-16(2)17-10-12-18(13-11-17)24-23-20(14-25(3,4)15-21(23)27)26-19-8-6-7-9-22(19)28-24/h6-13,16,24,26H,5,14-15H2,1-4H3. The lowest BCUT2D eigenvalue weighted by Crippen LogP contribution is -2.29. The van der Waals surface area contributed by atoms with Crippen LogP contribution in [0.1, 0.15) is 69.3 Å². The maximum absolute atomic E-state index is 13.2. The van der Waals surface area contributed by atoms with Gasteiger partial charge in [-0.15, -0.1) is 11.8 Å². The Balaban J connectivity index is 1.80. The van der Waals surface area contributed by atoms with Crippen LogP contribution in [0.2, 0.25) is 0 Å². The number of hydrogen-bond donors (Lipinski definition) is 1. The van der Waals surface area contributed by atoms with Crippen molar-refractivity contribution in [2.45, 2.75) is 63.0 Å². The first kappa shape index (κ1) is 19.3. The zero-order valence-electron chi connectivity index (χ0n) is 17.2. The second kappa shape index (κ2) is 7.44. The summed E-state index contributed by atoms with van der Waals surface area (Å²) in [7, 11) is 0. The molecule has 2 atom stereocenters. The Morgan fingerprint density at radius 2 is 1.82 bits per heavy atom. The average molecular weight is 392 g/mol. The zero-order chi connectivity index (χ0) is 19.9. The number of nitrogens with one attached hydrogen (secondary N) is 1. The van der Waals surface area contributed by atoms with E-state index in [1.807, 2.05) is 0 Å². The van der Waals surface area contributed by atoms with Crippen LogP contribution in [-0.4, -0.2) is 5.78 Å². The summed E-state index contributed by atoms with van der Waals surface area (Å²) in [5.74, 6) is 0.847. The summed E-state index contributed by atoms with van der Waals surface area (Å²) >= 11 is 1.80. The van der Waals surface area contributed by atoms with Crippen molar-refractivity contribution in [1.82, 2.24) is 0 Å². The van der Waals surface area contributed by atoms with Gasteiger partial charge in [-0.1, -0.05) is 64.1 Å². The highest BCUT2D eigenvalue weighted by atomic mass is 32.2. The third kappa shape index (κ3) is 3.65. The summed E-state index contributed by atoms with van der Waals surface area (Å²) in [6.07, 6.45) is 2.66. The monoisotopic (exact) mass is 391 g/mol. The highest BCUT2D eigenvalue weighted by molar-refractivity contribution is 8.00. The molecule has 0 saturated carbocycles. The van der Waals surface area contributed by atoms with Crippen molar-refractivity contribution in [1.29, 1.82) is 0 Å². The summed E-state index contributed by atoms with van der Waals surface area (Å²) in [5.41, 5.74) is 5.78. The topological polar surface area (TPSA) is 29.1 Å². The van der Waals surface area contributed by atoms with Crippen LogP contribution in [-0.2, 0) is 4.79 Å². The van der Waals surface area contributed by atoms with Crippen LogP contribution in [0.25, 0.3) is 0 Å². The van der Waals surface area contributed by atoms with E-state index in [1.54, 1.807) is 11.8 Å². The van der Waals surface area contributed by atoms with Crippen LogP contribution in [0.3, 0.4) is 0 Å². The second-order valence-electron chi connectivity index (χ2n) is 8.93. The van der Waals surface area contributed by atoms with E-state index in [4.69, 9.17) is 0 Å². The number of anilines is 1. The van der Waals surface area contributed by atoms with Gasteiger partial charge in [-0.05, 0) is 47.4 Å². The van der Waals surface area contributed by atoms with Gasteiger partial charge in [-0.2, -0.15) is 0 Å². The Bertz CT molecular complexity index is 926. The van der Waals surface area contributed by atoms with Crippen LogP contribution in [0.15, 0.2) is 64.7 Å². The molecule has 1 heterocycles. The van der Waals surface area contributed by atoms with Gasteiger partial charge in [0.25, 0.3) is 0 Å². The molecule has 2 unspecified atom stereocenters. The van der Waals surface area contributed by atoms with Crippen molar-refractivity contribution in [3.05, 3.63) is 70.9 Å². The molecule has 0 amide bonds. The van der Waals surface area contributed by atoms with E-state index in [1.165, 1.54) is 16.0 Å². The number of carbonyl (C=O) groups is 1. The normalized spacial score (nSPS) is 22.0. The van der Waals surface area contributed by atoms with Gasteiger partial charge in [0.1, 0.15) is 0 Å². The van der Waals surface area contributed by atoms with E-state index >= 15 is 0 Å². The lowest BCUT2D eigenvalue weighted by molar-refractivity contribution is -0.118. The predicted octanol–water partition coefficient (Wildman–Crippen LogP) is 7.10. The van der Waals surface area contributed by atoms with E-state index in [0.717, 1.165) is 29.8 Å². The molecule has 0 spiro atoms. The van der Waals surface area contributed by atoms with Gasteiger partial charge in [0, 0.05) is 22.6 Å². The van der Waals surface area contributed by atoms with E-state index in [0.29, 0.717) is 12.3 Å². The van der Waals surface area contributed by atoms with Crippen LogP contribution in [0, 0.1) is 5.41 Å². The molecule has 2 aliphatic rings. The van der Waals surface area contributed by atoms with Crippen molar-refractivity contribution < 1.29 is 4.79 Å². The summed E-state index contributed by atoms with van der Waals surface area (Å²) in [4.78, 5) is 14.4. The van der Waals surface area contributed by atoms with Crippen LogP contribution in [0.4, 0.5) is 5.69 Å². The first-order valence-electron chi connectivity index (χ1n) is 10.3. The molecule has 0 fully saturated rings. The SMILES string of the molecule is CCC(C)c1ccc(C2Sc3ccccc3NC3=C2C(=O)CC(C)(C)C3)cc1. The molecule has 2 aromatic carbocycles. The van der Waals surface area contributed by atoms with E-state index < -0.39 is 0 Å². The average Bonchev–Trinajstić information content (AvgIpc) is 2.83. The Labute approximate surface area is 172 Å². The van der Waals surface area contributed by atoms with Crippen molar-refractivity contribution in [3.63, 3.8) is 0 Å². The van der Waals surface area contributed by atoms with Crippen molar-refractivity contribution in [2.75, 3.05) is 5.32 Å². The van der Waals surface area contributed by atoms with E-state index in [2.05, 4.69) is 81.5 Å². The van der Waals surface area contributed by atoms with Gasteiger partial charge < -0.3 is 5.32 Å². The number of ketones is 1. The van der Waals surface area contributed by atoms with Gasteiger partial charge in [0.05, 0.1) is 10.9 Å². The van der Waals surface area contributed by atoms with Gasteiger partial charge in [0.2, 0.25) is 0 Å². The fraction of sp³-hybridized carbons (Fsp3) is 0.400. The zero-order valence-corrected chi connectivity index (χ0v) is 18.0. The minimum Gasteiger partial charge on any atom is -0.358 e. The summed E-state index contributed by atoms with van der Waals surface area (Å²) in [5, 5.41) is 3.67. The number of hydrogen-bond acceptors (Lipinski definition) is 3. The predicted molar refractivity (Wildman–Crippen MR) is 119 cm³/mol. The van der Waals surface area contributed by atoms with Crippen molar-refractivity contribution >= 4 is 23.2 Å². The summed E-state index contributed by atoms with van der Waals surface area (Å²) in [6, 6.07) is 17.3. The van der Waals surface area contributed by atoms with Crippen molar-refractivity contribution in [2.24, 2.45) is 5.41 Å². The van der Waals surface area contributed by atoms with E-state index in [-0.39, 0.29) is 16.4 Å². The third-order valence-electron chi connectivity index (χ3n) is 6.02. The maximum Gasteiger partial charge on any atom is 0.162 e. The van der Waals surface area contributed by atoms with Gasteiger partial charge in [0.15, 0.2) is 5.78 Å². The molecule has 0 bridgehead atoms. The number of Topliss-reactive ketones (excluding diaryl/α,β-unsaturated/α-hetero) is 1. The first-order valence-corrected chi connectivity index (χ1v) is 11.1. The molecule has 0 aromatic heterocycles. The Hall–Kier alpha value is -2.00. The molecule has 2 aromatic rings. The highest BCUT2D eigenvalue weighted by Crippen LogP contribution is 2.51. The number of carbonyl (C=O) groups excluding carboxylic acids is 1. The third-order valence-corrected chi connectivity index (χ3v) is 7.37. The number of allylic oxidation sites excluding steroid dienone is 1. The minimum absolute atomic E-state index is 0.00215. The van der Waals surface area contributed by atoms with Gasteiger partial charge in [-0.25, -0.2) is 0 Å². The molecule has 4 rings (SSSR count). The Morgan fingerprint density at radius 3 is 2.54 bits per heavy atom. The Kier molecular flexibility index (Phi) is 5.13. The highest BCUT2D eigenvalue weighted by Gasteiger charge is 2.39. The number of benzene rings is 2. The van der Waals surface area contributed by atoms with Gasteiger partial charge in [-0.3, -0.25) is 4.79 Å². The second-order valence-corrected chi connectivity index (χ2v) is 10.1.